The average molecular weight is 351 g/mol. The number of esters is 1. The molecule has 0 bridgehead atoms. The number of Topliss-reactive ketones (excluding diaryl/α,β-unsaturated/α-hetero) is 1. The summed E-state index contributed by atoms with van der Waals surface area (Å²) in [5.41, 5.74) is 3.79. The number of hydrogen-bond donors (Lipinski definition) is 0. The average Bonchev–Trinajstić information content (AvgIpc) is 3.07. The highest BCUT2D eigenvalue weighted by Crippen LogP contribution is 2.21. The van der Waals surface area contributed by atoms with Crippen LogP contribution in [0, 0.1) is 13.8 Å². The summed E-state index contributed by atoms with van der Waals surface area (Å²) in [5.74, 6) is -0.693. The van der Waals surface area contributed by atoms with Gasteiger partial charge in [-0.15, -0.1) is 0 Å². The van der Waals surface area contributed by atoms with Crippen LogP contribution in [0.15, 0.2) is 42.5 Å². The normalized spacial score (nSPS) is 13.8. The van der Waals surface area contributed by atoms with E-state index >= 15 is 0 Å². The number of anilines is 1. The van der Waals surface area contributed by atoms with Gasteiger partial charge in [0.1, 0.15) is 0 Å². The Hall–Kier alpha value is -2.95. The molecule has 0 aromatic heterocycles. The van der Waals surface area contributed by atoms with Gasteiger partial charge in [-0.2, -0.15) is 0 Å². The van der Waals surface area contributed by atoms with E-state index in [1.54, 1.807) is 41.3 Å². The van der Waals surface area contributed by atoms with Crippen molar-refractivity contribution in [1.29, 1.82) is 0 Å². The van der Waals surface area contributed by atoms with Gasteiger partial charge >= 0.3 is 5.97 Å². The molecule has 1 saturated heterocycles. The van der Waals surface area contributed by atoms with E-state index in [-0.39, 0.29) is 18.3 Å². The van der Waals surface area contributed by atoms with Crippen LogP contribution in [0.5, 0.6) is 0 Å². The molecule has 1 fully saturated rings. The molecule has 2 aromatic carbocycles. The maximum atomic E-state index is 12.2. The minimum absolute atomic E-state index is 0.0966. The topological polar surface area (TPSA) is 63.7 Å². The van der Waals surface area contributed by atoms with Crippen molar-refractivity contribution in [1.82, 2.24) is 0 Å². The molecule has 0 unspecified atom stereocenters. The van der Waals surface area contributed by atoms with Gasteiger partial charge in [-0.25, -0.2) is 4.79 Å². The number of benzene rings is 2. The lowest BCUT2D eigenvalue weighted by Crippen LogP contribution is -2.23. The Kier molecular flexibility index (Phi) is 5.16. The molecule has 0 atom stereocenters. The predicted molar refractivity (Wildman–Crippen MR) is 98.6 cm³/mol. The van der Waals surface area contributed by atoms with Crippen molar-refractivity contribution in [3.05, 3.63) is 64.7 Å². The summed E-state index contributed by atoms with van der Waals surface area (Å²) in [7, 11) is 0. The number of rotatable bonds is 5. The van der Waals surface area contributed by atoms with Crippen LogP contribution in [0.2, 0.25) is 0 Å². The Morgan fingerprint density at radius 1 is 1.00 bits per heavy atom. The molecule has 1 amide bonds. The second-order valence-corrected chi connectivity index (χ2v) is 6.49. The monoisotopic (exact) mass is 351 g/mol. The standard InChI is InChI=1S/C21H21NO4/c1-14-5-6-17(12-15(14)2)19(23)13-26-21(25)16-7-9-18(10-8-16)22-11-3-4-20(22)24/h5-10,12H,3-4,11,13H2,1-2H3. The summed E-state index contributed by atoms with van der Waals surface area (Å²) in [6, 6.07) is 12.1. The van der Waals surface area contributed by atoms with Gasteiger partial charge in [-0.1, -0.05) is 12.1 Å². The van der Waals surface area contributed by atoms with Crippen LogP contribution in [-0.2, 0) is 9.53 Å². The van der Waals surface area contributed by atoms with E-state index in [1.807, 2.05) is 19.9 Å². The number of aryl methyl sites for hydroxylation is 2. The zero-order valence-electron chi connectivity index (χ0n) is 15.0. The molecule has 5 nitrogen and oxygen atoms in total. The van der Waals surface area contributed by atoms with Crippen molar-refractivity contribution in [2.75, 3.05) is 18.1 Å². The first kappa shape index (κ1) is 17.9. The highest BCUT2D eigenvalue weighted by atomic mass is 16.5. The number of ketones is 1. The number of nitrogens with zero attached hydrogens (tertiary/aromatic N) is 1. The fraction of sp³-hybridized carbons (Fsp3) is 0.286. The van der Waals surface area contributed by atoms with Gasteiger partial charge in [0.2, 0.25) is 5.91 Å². The van der Waals surface area contributed by atoms with E-state index in [0.717, 1.165) is 23.2 Å². The molecule has 3 rings (SSSR count). The highest BCUT2D eigenvalue weighted by Gasteiger charge is 2.22. The molecule has 0 aliphatic carbocycles. The minimum Gasteiger partial charge on any atom is -0.454 e. The Bertz CT molecular complexity index is 855. The lowest BCUT2D eigenvalue weighted by molar-refractivity contribution is -0.117. The van der Waals surface area contributed by atoms with Gasteiger partial charge < -0.3 is 9.64 Å². The number of ether oxygens (including phenoxy) is 1. The van der Waals surface area contributed by atoms with E-state index in [0.29, 0.717) is 24.1 Å². The van der Waals surface area contributed by atoms with Crippen molar-refractivity contribution in [3.8, 4) is 0 Å². The van der Waals surface area contributed by atoms with Gasteiger partial charge in [0, 0.05) is 24.2 Å². The van der Waals surface area contributed by atoms with E-state index < -0.39 is 5.97 Å². The van der Waals surface area contributed by atoms with E-state index in [4.69, 9.17) is 4.74 Å². The molecule has 134 valence electrons. The third-order valence-corrected chi connectivity index (χ3v) is 4.65. The molecule has 1 aliphatic rings. The summed E-state index contributed by atoms with van der Waals surface area (Å²) in [4.78, 5) is 37.8. The second-order valence-electron chi connectivity index (χ2n) is 6.49. The molecule has 1 aliphatic heterocycles. The molecule has 0 radical (unpaired) electrons. The number of hydrogen-bond acceptors (Lipinski definition) is 4. The maximum absolute atomic E-state index is 12.2. The number of carbonyl (C=O) groups is 3. The summed E-state index contributed by atoms with van der Waals surface area (Å²) >= 11 is 0. The summed E-state index contributed by atoms with van der Waals surface area (Å²) in [6.45, 7) is 4.31. The fourth-order valence-electron chi connectivity index (χ4n) is 2.91. The molecule has 5 heteroatoms. The van der Waals surface area contributed by atoms with Crippen molar-refractivity contribution < 1.29 is 19.1 Å². The van der Waals surface area contributed by atoms with Crippen molar-refractivity contribution in [2.24, 2.45) is 0 Å². The van der Waals surface area contributed by atoms with Crippen LogP contribution < -0.4 is 4.90 Å². The highest BCUT2D eigenvalue weighted by molar-refractivity contribution is 6.00. The zero-order chi connectivity index (χ0) is 18.7. The quantitative estimate of drug-likeness (QED) is 0.611. The third-order valence-electron chi connectivity index (χ3n) is 4.65. The lowest BCUT2D eigenvalue weighted by Gasteiger charge is -2.15. The predicted octanol–water partition coefficient (Wildman–Crippen LogP) is 3.47. The van der Waals surface area contributed by atoms with Crippen LogP contribution >= 0.6 is 0 Å². The summed E-state index contributed by atoms with van der Waals surface area (Å²) in [5, 5.41) is 0. The number of amides is 1. The lowest BCUT2D eigenvalue weighted by atomic mass is 10.0. The molecule has 0 spiro atoms. The Morgan fingerprint density at radius 3 is 2.31 bits per heavy atom. The maximum Gasteiger partial charge on any atom is 0.338 e. The summed E-state index contributed by atoms with van der Waals surface area (Å²) < 4.78 is 5.13. The zero-order valence-corrected chi connectivity index (χ0v) is 15.0. The first-order valence-corrected chi connectivity index (χ1v) is 8.64. The smallest absolute Gasteiger partial charge is 0.338 e. The second kappa shape index (κ2) is 7.52. The van der Waals surface area contributed by atoms with Gasteiger partial charge in [-0.05, 0) is 61.7 Å². The Balaban J connectivity index is 1.60. The van der Waals surface area contributed by atoms with E-state index in [9.17, 15) is 14.4 Å². The van der Waals surface area contributed by atoms with Crippen molar-refractivity contribution in [2.45, 2.75) is 26.7 Å². The van der Waals surface area contributed by atoms with E-state index in [1.165, 1.54) is 0 Å². The van der Waals surface area contributed by atoms with Crippen LogP contribution in [0.1, 0.15) is 44.7 Å². The van der Waals surface area contributed by atoms with Crippen LogP contribution in [0.3, 0.4) is 0 Å². The Morgan fingerprint density at radius 2 is 1.69 bits per heavy atom. The molecule has 0 N–H and O–H groups in total. The van der Waals surface area contributed by atoms with Crippen molar-refractivity contribution >= 4 is 23.3 Å². The van der Waals surface area contributed by atoms with E-state index in [2.05, 4.69) is 0 Å². The largest absolute Gasteiger partial charge is 0.454 e. The van der Waals surface area contributed by atoms with Crippen LogP contribution in [-0.4, -0.2) is 30.8 Å². The third kappa shape index (κ3) is 3.82. The first-order chi connectivity index (χ1) is 12.5. The van der Waals surface area contributed by atoms with Gasteiger partial charge in [-0.3, -0.25) is 9.59 Å². The van der Waals surface area contributed by atoms with Crippen LogP contribution in [0.4, 0.5) is 5.69 Å². The molecular formula is C21H21NO4. The number of carbonyl (C=O) groups excluding carboxylic acids is 3. The molecule has 26 heavy (non-hydrogen) atoms. The summed E-state index contributed by atoms with van der Waals surface area (Å²) in [6.07, 6.45) is 1.41. The van der Waals surface area contributed by atoms with Crippen molar-refractivity contribution in [3.63, 3.8) is 0 Å². The SMILES string of the molecule is Cc1ccc(C(=O)COC(=O)c2ccc(N3CCCC3=O)cc2)cc1C. The molecular weight excluding hydrogens is 330 g/mol. The van der Waals surface area contributed by atoms with Crippen LogP contribution in [0.25, 0.3) is 0 Å². The molecule has 2 aromatic rings. The fourth-order valence-corrected chi connectivity index (χ4v) is 2.91. The minimum atomic E-state index is -0.554. The van der Waals surface area contributed by atoms with Gasteiger partial charge in [0.25, 0.3) is 0 Å². The van der Waals surface area contributed by atoms with Gasteiger partial charge in [0.05, 0.1) is 5.56 Å². The Labute approximate surface area is 152 Å². The molecule has 1 heterocycles. The first-order valence-electron chi connectivity index (χ1n) is 8.64. The molecule has 0 saturated carbocycles. The van der Waals surface area contributed by atoms with Gasteiger partial charge in [0.15, 0.2) is 12.4 Å².